The van der Waals surface area contributed by atoms with Gasteiger partial charge in [0.1, 0.15) is 6.54 Å². The highest BCUT2D eigenvalue weighted by atomic mass is 16.2. The topological polar surface area (TPSA) is 39.7 Å². The van der Waals surface area contributed by atoms with Crippen LogP contribution < -0.4 is 4.90 Å². The van der Waals surface area contributed by atoms with Crippen LogP contribution in [-0.2, 0) is 11.3 Å². The summed E-state index contributed by atoms with van der Waals surface area (Å²) in [4.78, 5) is 23.9. The molecule has 0 atom stereocenters. The first-order chi connectivity index (χ1) is 14.3. The minimum atomic E-state index is 0.162. The molecule has 5 nitrogen and oxygen atoms in total. The number of rotatable bonds is 6. The van der Waals surface area contributed by atoms with Gasteiger partial charge in [0.25, 0.3) is 0 Å². The second-order valence-corrected chi connectivity index (χ2v) is 7.24. The van der Waals surface area contributed by atoms with Gasteiger partial charge in [0.05, 0.1) is 5.69 Å². The predicted molar refractivity (Wildman–Crippen MR) is 116 cm³/mol. The minimum Gasteiger partial charge on any atom is -0.339 e. The average Bonchev–Trinajstić information content (AvgIpc) is 2.80. The zero-order valence-corrected chi connectivity index (χ0v) is 16.5. The van der Waals surface area contributed by atoms with Gasteiger partial charge in [0.2, 0.25) is 5.91 Å². The monoisotopic (exact) mass is 386 g/mol. The number of amides is 1. The van der Waals surface area contributed by atoms with Crippen molar-refractivity contribution in [3.63, 3.8) is 0 Å². The molecule has 1 aliphatic heterocycles. The molecule has 0 radical (unpaired) electrons. The summed E-state index contributed by atoms with van der Waals surface area (Å²) in [6.07, 6.45) is 1.83. The first kappa shape index (κ1) is 19.2. The molecule has 3 aromatic rings. The Hall–Kier alpha value is -3.18. The SMILES string of the molecule is O=C(CN(c1ccccc1)c1ccccc1)N1CCN(Cc2ccccn2)CC1. The van der Waals surface area contributed by atoms with Crippen molar-refractivity contribution in [3.8, 4) is 0 Å². The Kier molecular flexibility index (Phi) is 6.17. The number of carbonyl (C=O) groups excluding carboxylic acids is 1. The van der Waals surface area contributed by atoms with Gasteiger partial charge < -0.3 is 9.80 Å². The predicted octanol–water partition coefficient (Wildman–Crippen LogP) is 3.56. The van der Waals surface area contributed by atoms with E-state index in [0.717, 1.165) is 49.8 Å². The van der Waals surface area contributed by atoms with Gasteiger partial charge in [-0.2, -0.15) is 0 Å². The number of hydrogen-bond acceptors (Lipinski definition) is 4. The maximum Gasteiger partial charge on any atom is 0.242 e. The molecule has 148 valence electrons. The molecule has 0 saturated carbocycles. The van der Waals surface area contributed by atoms with Crippen LogP contribution in [0.3, 0.4) is 0 Å². The number of benzene rings is 2. The summed E-state index contributed by atoms with van der Waals surface area (Å²) in [6, 6.07) is 26.2. The van der Waals surface area contributed by atoms with Crippen LogP contribution in [-0.4, -0.2) is 53.4 Å². The van der Waals surface area contributed by atoms with E-state index >= 15 is 0 Å². The highest BCUT2D eigenvalue weighted by Crippen LogP contribution is 2.24. The Morgan fingerprint density at radius 3 is 1.93 bits per heavy atom. The van der Waals surface area contributed by atoms with Gasteiger partial charge in [-0.15, -0.1) is 0 Å². The van der Waals surface area contributed by atoms with E-state index in [1.807, 2.05) is 83.9 Å². The Labute approximate surface area is 172 Å². The molecule has 0 N–H and O–H groups in total. The molecule has 1 aromatic heterocycles. The summed E-state index contributed by atoms with van der Waals surface area (Å²) in [5.74, 6) is 0.162. The standard InChI is InChI=1S/C24H26N4O/c29-24(27-17-15-26(16-18-27)19-21-9-7-8-14-25-21)20-28(22-10-3-1-4-11-22)23-12-5-2-6-13-23/h1-14H,15-20H2. The lowest BCUT2D eigenvalue weighted by Gasteiger charge is -2.36. The summed E-state index contributed by atoms with van der Waals surface area (Å²) in [6.45, 7) is 4.43. The molecule has 1 aliphatic rings. The zero-order chi connectivity index (χ0) is 19.9. The molecule has 2 heterocycles. The Morgan fingerprint density at radius 2 is 1.38 bits per heavy atom. The third-order valence-corrected chi connectivity index (χ3v) is 5.27. The van der Waals surface area contributed by atoms with E-state index in [1.54, 1.807) is 0 Å². The van der Waals surface area contributed by atoms with Gasteiger partial charge in [-0.1, -0.05) is 42.5 Å². The maximum atomic E-state index is 13.1. The summed E-state index contributed by atoms with van der Waals surface area (Å²) in [7, 11) is 0. The largest absolute Gasteiger partial charge is 0.339 e. The van der Waals surface area contributed by atoms with Crippen molar-refractivity contribution < 1.29 is 4.79 Å². The first-order valence-electron chi connectivity index (χ1n) is 10.1. The number of nitrogens with zero attached hydrogens (tertiary/aromatic N) is 4. The van der Waals surface area contributed by atoms with Gasteiger partial charge in [0, 0.05) is 50.3 Å². The molecule has 2 aromatic carbocycles. The molecule has 0 unspecified atom stereocenters. The second kappa shape index (κ2) is 9.34. The van der Waals surface area contributed by atoms with Crippen molar-refractivity contribution in [2.75, 3.05) is 37.6 Å². The highest BCUT2D eigenvalue weighted by molar-refractivity contribution is 5.84. The van der Waals surface area contributed by atoms with Crippen LogP contribution in [0.1, 0.15) is 5.69 Å². The van der Waals surface area contributed by atoms with Gasteiger partial charge in [-0.25, -0.2) is 0 Å². The van der Waals surface area contributed by atoms with Crippen LogP contribution in [0.25, 0.3) is 0 Å². The minimum absolute atomic E-state index is 0.162. The summed E-state index contributed by atoms with van der Waals surface area (Å²) >= 11 is 0. The van der Waals surface area contributed by atoms with Crippen molar-refractivity contribution >= 4 is 17.3 Å². The lowest BCUT2D eigenvalue weighted by Crippen LogP contribution is -2.50. The number of hydrogen-bond donors (Lipinski definition) is 0. The first-order valence-corrected chi connectivity index (χ1v) is 10.1. The quantitative estimate of drug-likeness (QED) is 0.649. The lowest BCUT2D eigenvalue weighted by molar-refractivity contribution is -0.131. The van der Waals surface area contributed by atoms with Crippen LogP contribution in [0.4, 0.5) is 11.4 Å². The molecule has 5 heteroatoms. The Morgan fingerprint density at radius 1 is 0.793 bits per heavy atom. The molecule has 1 amide bonds. The summed E-state index contributed by atoms with van der Waals surface area (Å²) in [5, 5.41) is 0. The van der Waals surface area contributed by atoms with Crippen LogP contribution in [0.2, 0.25) is 0 Å². The molecule has 0 aliphatic carbocycles. The molecule has 0 spiro atoms. The summed E-state index contributed by atoms with van der Waals surface area (Å²) < 4.78 is 0. The summed E-state index contributed by atoms with van der Waals surface area (Å²) in [5.41, 5.74) is 3.13. The lowest BCUT2D eigenvalue weighted by atomic mass is 10.2. The fourth-order valence-corrected chi connectivity index (χ4v) is 3.66. The Balaban J connectivity index is 1.39. The van der Waals surface area contributed by atoms with Gasteiger partial charge in [-0.3, -0.25) is 14.7 Å². The van der Waals surface area contributed by atoms with E-state index in [0.29, 0.717) is 6.54 Å². The zero-order valence-electron chi connectivity index (χ0n) is 16.5. The second-order valence-electron chi connectivity index (χ2n) is 7.24. The van der Waals surface area contributed by atoms with Crippen molar-refractivity contribution in [2.24, 2.45) is 0 Å². The van der Waals surface area contributed by atoms with Gasteiger partial charge in [-0.05, 0) is 36.4 Å². The van der Waals surface area contributed by atoms with Gasteiger partial charge >= 0.3 is 0 Å². The van der Waals surface area contributed by atoms with Crippen molar-refractivity contribution in [1.82, 2.24) is 14.8 Å². The Bertz CT molecular complexity index is 854. The number of pyridine rings is 1. The van der Waals surface area contributed by atoms with E-state index in [1.165, 1.54) is 0 Å². The number of carbonyl (C=O) groups is 1. The number of aromatic nitrogens is 1. The maximum absolute atomic E-state index is 13.1. The molecule has 1 saturated heterocycles. The van der Waals surface area contributed by atoms with Crippen molar-refractivity contribution in [1.29, 1.82) is 0 Å². The van der Waals surface area contributed by atoms with Crippen molar-refractivity contribution in [3.05, 3.63) is 90.8 Å². The van der Waals surface area contributed by atoms with Crippen LogP contribution in [0, 0.1) is 0 Å². The number of piperazine rings is 1. The smallest absolute Gasteiger partial charge is 0.242 e. The van der Waals surface area contributed by atoms with Gasteiger partial charge in [0.15, 0.2) is 0 Å². The third kappa shape index (κ3) is 5.00. The molecular weight excluding hydrogens is 360 g/mol. The van der Waals surface area contributed by atoms with E-state index in [4.69, 9.17) is 0 Å². The molecule has 0 bridgehead atoms. The fourth-order valence-electron chi connectivity index (χ4n) is 3.66. The molecule has 1 fully saturated rings. The normalized spacial score (nSPS) is 14.6. The van der Waals surface area contributed by atoms with Crippen LogP contribution in [0.5, 0.6) is 0 Å². The third-order valence-electron chi connectivity index (χ3n) is 5.27. The van der Waals surface area contributed by atoms with E-state index in [9.17, 15) is 4.79 Å². The fraction of sp³-hybridized carbons (Fsp3) is 0.250. The van der Waals surface area contributed by atoms with Crippen LogP contribution in [0.15, 0.2) is 85.1 Å². The van der Waals surface area contributed by atoms with E-state index in [2.05, 4.69) is 20.9 Å². The number of anilines is 2. The number of para-hydroxylation sites is 2. The van der Waals surface area contributed by atoms with Crippen LogP contribution >= 0.6 is 0 Å². The molecular formula is C24H26N4O. The molecule has 4 rings (SSSR count). The van der Waals surface area contributed by atoms with Crippen molar-refractivity contribution in [2.45, 2.75) is 6.54 Å². The average molecular weight is 386 g/mol. The van der Waals surface area contributed by atoms with E-state index < -0.39 is 0 Å². The molecule has 29 heavy (non-hydrogen) atoms. The highest BCUT2D eigenvalue weighted by Gasteiger charge is 2.23. The van der Waals surface area contributed by atoms with E-state index in [-0.39, 0.29) is 5.91 Å².